The van der Waals surface area contributed by atoms with Crippen LogP contribution in [0.1, 0.15) is 62.2 Å². The van der Waals surface area contributed by atoms with E-state index < -0.39 is 0 Å². The van der Waals surface area contributed by atoms with Crippen molar-refractivity contribution < 1.29 is 4.74 Å². The molecule has 19 heavy (non-hydrogen) atoms. The third-order valence-corrected chi connectivity index (χ3v) is 4.38. The lowest BCUT2D eigenvalue weighted by Gasteiger charge is -2.34. The van der Waals surface area contributed by atoms with Crippen LogP contribution in [0.2, 0.25) is 0 Å². The first-order chi connectivity index (χ1) is 9.13. The van der Waals surface area contributed by atoms with Crippen molar-refractivity contribution in [2.45, 2.75) is 57.6 Å². The molecule has 1 heterocycles. The first-order valence-corrected chi connectivity index (χ1v) is 7.19. The van der Waals surface area contributed by atoms with Crippen molar-refractivity contribution in [2.75, 3.05) is 14.2 Å². The van der Waals surface area contributed by atoms with E-state index in [1.807, 2.05) is 13.2 Å². The Balaban J connectivity index is 2.32. The standard InChI is InChI=1S/C15H25N3O/c1-11(16-3)13-10-17-14(18-12(13)2)15(19-4)8-6-5-7-9-15/h10-11,16H,5-9H2,1-4H3. The largest absolute Gasteiger partial charge is 0.370 e. The van der Waals surface area contributed by atoms with Gasteiger partial charge in [-0.25, -0.2) is 9.97 Å². The lowest BCUT2D eigenvalue weighted by molar-refractivity contribution is -0.0516. The molecule has 0 spiro atoms. The van der Waals surface area contributed by atoms with E-state index in [-0.39, 0.29) is 11.6 Å². The molecule has 2 rings (SSSR count). The zero-order chi connectivity index (χ0) is 13.9. The van der Waals surface area contributed by atoms with Crippen molar-refractivity contribution in [1.29, 1.82) is 0 Å². The average molecular weight is 263 g/mol. The summed E-state index contributed by atoms with van der Waals surface area (Å²) in [5.41, 5.74) is 1.95. The zero-order valence-corrected chi connectivity index (χ0v) is 12.5. The monoisotopic (exact) mass is 263 g/mol. The van der Waals surface area contributed by atoms with Crippen LogP contribution in [0.25, 0.3) is 0 Å². The molecular weight excluding hydrogens is 238 g/mol. The number of hydrogen-bond acceptors (Lipinski definition) is 4. The minimum atomic E-state index is -0.260. The second-order valence-corrected chi connectivity index (χ2v) is 5.50. The van der Waals surface area contributed by atoms with Gasteiger partial charge in [-0.2, -0.15) is 0 Å². The Kier molecular flexibility index (Phi) is 4.53. The fourth-order valence-corrected chi connectivity index (χ4v) is 2.92. The first-order valence-electron chi connectivity index (χ1n) is 7.19. The van der Waals surface area contributed by atoms with Crippen molar-refractivity contribution >= 4 is 0 Å². The van der Waals surface area contributed by atoms with Gasteiger partial charge in [-0.05, 0) is 33.7 Å². The molecule has 1 aliphatic carbocycles. The summed E-state index contributed by atoms with van der Waals surface area (Å²) in [6.07, 6.45) is 7.71. The molecule has 1 aromatic rings. The maximum Gasteiger partial charge on any atom is 0.160 e. The molecule has 1 unspecified atom stereocenters. The third kappa shape index (κ3) is 2.79. The smallest absolute Gasteiger partial charge is 0.160 e. The highest BCUT2D eigenvalue weighted by atomic mass is 16.5. The van der Waals surface area contributed by atoms with Crippen LogP contribution in [0.4, 0.5) is 0 Å². The molecule has 0 radical (unpaired) electrons. The fraction of sp³-hybridized carbons (Fsp3) is 0.733. The summed E-state index contributed by atoms with van der Waals surface area (Å²) in [5, 5.41) is 3.23. The van der Waals surface area contributed by atoms with E-state index in [1.165, 1.54) is 19.3 Å². The van der Waals surface area contributed by atoms with Gasteiger partial charge in [0.15, 0.2) is 5.82 Å². The highest BCUT2D eigenvalue weighted by Crippen LogP contribution is 2.38. The number of rotatable bonds is 4. The second-order valence-electron chi connectivity index (χ2n) is 5.50. The summed E-state index contributed by atoms with van der Waals surface area (Å²) in [6.45, 7) is 4.18. The summed E-state index contributed by atoms with van der Waals surface area (Å²) >= 11 is 0. The summed E-state index contributed by atoms with van der Waals surface area (Å²) in [6, 6.07) is 0.277. The van der Waals surface area contributed by atoms with Gasteiger partial charge in [0.25, 0.3) is 0 Å². The minimum absolute atomic E-state index is 0.260. The third-order valence-electron chi connectivity index (χ3n) is 4.38. The molecule has 1 aliphatic rings. The van der Waals surface area contributed by atoms with Gasteiger partial charge in [-0.1, -0.05) is 19.3 Å². The van der Waals surface area contributed by atoms with Crippen LogP contribution >= 0.6 is 0 Å². The predicted molar refractivity (Wildman–Crippen MR) is 76.0 cm³/mol. The normalized spacial score (nSPS) is 20.2. The molecule has 0 saturated heterocycles. The molecule has 1 aromatic heterocycles. The fourth-order valence-electron chi connectivity index (χ4n) is 2.92. The Morgan fingerprint density at radius 1 is 1.32 bits per heavy atom. The molecule has 1 atom stereocenters. The molecule has 1 N–H and O–H groups in total. The Morgan fingerprint density at radius 2 is 2.00 bits per heavy atom. The summed E-state index contributed by atoms with van der Waals surface area (Å²) in [4.78, 5) is 9.33. The number of aromatic nitrogens is 2. The van der Waals surface area contributed by atoms with E-state index in [2.05, 4.69) is 24.1 Å². The topological polar surface area (TPSA) is 47.0 Å². The maximum absolute atomic E-state index is 5.81. The Labute approximate surface area is 116 Å². The predicted octanol–water partition coefficient (Wildman–Crippen LogP) is 2.87. The minimum Gasteiger partial charge on any atom is -0.370 e. The van der Waals surface area contributed by atoms with Gasteiger partial charge in [-0.3, -0.25) is 0 Å². The molecule has 0 aromatic carbocycles. The number of aryl methyl sites for hydroxylation is 1. The Hall–Kier alpha value is -1.00. The van der Waals surface area contributed by atoms with Crippen molar-refractivity contribution in [1.82, 2.24) is 15.3 Å². The quantitative estimate of drug-likeness (QED) is 0.907. The van der Waals surface area contributed by atoms with Crippen molar-refractivity contribution in [2.24, 2.45) is 0 Å². The van der Waals surface area contributed by atoms with Gasteiger partial charge in [-0.15, -0.1) is 0 Å². The molecule has 106 valence electrons. The van der Waals surface area contributed by atoms with Gasteiger partial charge in [0.2, 0.25) is 0 Å². The summed E-state index contributed by atoms with van der Waals surface area (Å²) in [5.74, 6) is 0.860. The number of nitrogens with one attached hydrogen (secondary N) is 1. The van der Waals surface area contributed by atoms with E-state index in [9.17, 15) is 0 Å². The Bertz CT molecular complexity index is 427. The molecule has 1 saturated carbocycles. The van der Waals surface area contributed by atoms with Crippen LogP contribution in [0.5, 0.6) is 0 Å². The van der Waals surface area contributed by atoms with Crippen LogP contribution in [-0.2, 0) is 10.3 Å². The SMILES string of the molecule is CNC(C)c1cnc(C2(OC)CCCCC2)nc1C. The lowest BCUT2D eigenvalue weighted by Crippen LogP contribution is -2.33. The van der Waals surface area contributed by atoms with Crippen LogP contribution in [0.15, 0.2) is 6.20 Å². The zero-order valence-electron chi connectivity index (χ0n) is 12.5. The summed E-state index contributed by atoms with van der Waals surface area (Å²) < 4.78 is 5.81. The number of methoxy groups -OCH3 is 1. The summed E-state index contributed by atoms with van der Waals surface area (Å²) in [7, 11) is 3.74. The second kappa shape index (κ2) is 5.97. The van der Waals surface area contributed by atoms with E-state index in [4.69, 9.17) is 9.72 Å². The van der Waals surface area contributed by atoms with E-state index >= 15 is 0 Å². The molecular formula is C15H25N3O. The highest BCUT2D eigenvalue weighted by molar-refractivity contribution is 5.21. The van der Waals surface area contributed by atoms with Crippen molar-refractivity contribution in [3.63, 3.8) is 0 Å². The highest BCUT2D eigenvalue weighted by Gasteiger charge is 2.36. The van der Waals surface area contributed by atoms with Gasteiger partial charge >= 0.3 is 0 Å². The molecule has 0 amide bonds. The first kappa shape index (κ1) is 14.4. The molecule has 4 heteroatoms. The molecule has 1 fully saturated rings. The maximum atomic E-state index is 5.81. The van der Waals surface area contributed by atoms with Crippen molar-refractivity contribution in [3.8, 4) is 0 Å². The number of ether oxygens (including phenoxy) is 1. The van der Waals surface area contributed by atoms with E-state index in [1.54, 1.807) is 7.11 Å². The van der Waals surface area contributed by atoms with Crippen LogP contribution in [0, 0.1) is 6.92 Å². The van der Waals surface area contributed by atoms with Gasteiger partial charge < -0.3 is 10.1 Å². The number of nitrogens with zero attached hydrogens (tertiary/aromatic N) is 2. The van der Waals surface area contributed by atoms with Crippen LogP contribution in [-0.4, -0.2) is 24.1 Å². The van der Waals surface area contributed by atoms with Gasteiger partial charge in [0, 0.05) is 30.6 Å². The average Bonchev–Trinajstić information content (AvgIpc) is 2.47. The Morgan fingerprint density at radius 3 is 2.53 bits per heavy atom. The van der Waals surface area contributed by atoms with Gasteiger partial charge in [0.1, 0.15) is 5.60 Å². The van der Waals surface area contributed by atoms with Crippen molar-refractivity contribution in [3.05, 3.63) is 23.3 Å². The molecule has 0 bridgehead atoms. The van der Waals surface area contributed by atoms with Crippen LogP contribution in [0.3, 0.4) is 0 Å². The molecule has 4 nitrogen and oxygen atoms in total. The van der Waals surface area contributed by atoms with E-state index in [0.717, 1.165) is 29.9 Å². The number of hydrogen-bond donors (Lipinski definition) is 1. The molecule has 0 aliphatic heterocycles. The van der Waals surface area contributed by atoms with Crippen LogP contribution < -0.4 is 5.32 Å². The van der Waals surface area contributed by atoms with E-state index in [0.29, 0.717) is 0 Å². The van der Waals surface area contributed by atoms with Gasteiger partial charge in [0.05, 0.1) is 0 Å². The lowest BCUT2D eigenvalue weighted by atomic mass is 9.83.